The molecular formula is C22H25NO5S. The minimum absolute atomic E-state index is 0.259. The van der Waals surface area contributed by atoms with Crippen molar-refractivity contribution in [2.75, 3.05) is 23.7 Å². The summed E-state index contributed by atoms with van der Waals surface area (Å²) in [6, 6.07) is 12.1. The van der Waals surface area contributed by atoms with Crippen LogP contribution in [-0.2, 0) is 27.6 Å². The molecule has 0 saturated carbocycles. The molecule has 154 valence electrons. The highest BCUT2D eigenvalue weighted by atomic mass is 32.2. The maximum Gasteiger partial charge on any atom is 0.338 e. The Morgan fingerprint density at radius 3 is 2.41 bits per heavy atom. The van der Waals surface area contributed by atoms with E-state index in [9.17, 15) is 18.0 Å². The number of carbonyl (C=O) groups excluding carboxylic acids is 2. The van der Waals surface area contributed by atoms with Crippen LogP contribution in [0.25, 0.3) is 0 Å². The molecule has 0 saturated heterocycles. The molecule has 2 aromatic carbocycles. The highest BCUT2D eigenvalue weighted by molar-refractivity contribution is 7.92. The molecule has 2 aromatic rings. The van der Waals surface area contributed by atoms with Crippen molar-refractivity contribution in [2.45, 2.75) is 32.6 Å². The Labute approximate surface area is 171 Å². The van der Waals surface area contributed by atoms with Crippen molar-refractivity contribution >= 4 is 27.5 Å². The van der Waals surface area contributed by atoms with E-state index in [-0.39, 0.29) is 12.4 Å². The molecule has 0 bridgehead atoms. The van der Waals surface area contributed by atoms with Gasteiger partial charge in [-0.15, -0.1) is 0 Å². The number of unbranched alkanes of at least 4 members (excludes halogenated alkanes) is 1. The zero-order valence-electron chi connectivity index (χ0n) is 16.7. The quantitative estimate of drug-likeness (QED) is 0.488. The highest BCUT2D eigenvalue weighted by Gasteiger charge is 2.27. The number of esters is 1. The van der Waals surface area contributed by atoms with Crippen LogP contribution < -0.4 is 4.31 Å². The van der Waals surface area contributed by atoms with Gasteiger partial charge in [0.05, 0.1) is 17.5 Å². The number of Topliss-reactive ketones (excluding diaryl/α,β-unsaturated/α-hetero) is 1. The zero-order valence-corrected chi connectivity index (χ0v) is 17.5. The van der Waals surface area contributed by atoms with Gasteiger partial charge in [0.2, 0.25) is 10.0 Å². The van der Waals surface area contributed by atoms with E-state index in [1.165, 1.54) is 15.9 Å². The van der Waals surface area contributed by atoms with Crippen molar-refractivity contribution in [3.8, 4) is 0 Å². The fourth-order valence-electron chi connectivity index (χ4n) is 3.38. The van der Waals surface area contributed by atoms with Crippen molar-refractivity contribution in [1.82, 2.24) is 0 Å². The molecule has 0 N–H and O–H groups in total. The Hall–Kier alpha value is -2.67. The molecule has 0 fully saturated rings. The number of anilines is 1. The normalized spacial score (nSPS) is 13.2. The number of hydrogen-bond donors (Lipinski definition) is 0. The number of aryl methyl sites for hydroxylation is 1. The molecule has 0 spiro atoms. The van der Waals surface area contributed by atoms with Gasteiger partial charge in [-0.25, -0.2) is 13.2 Å². The van der Waals surface area contributed by atoms with Gasteiger partial charge >= 0.3 is 5.97 Å². The maximum atomic E-state index is 12.3. The lowest BCUT2D eigenvalue weighted by molar-refractivity contribution is 0.0474. The Bertz CT molecular complexity index is 1010. The van der Waals surface area contributed by atoms with Gasteiger partial charge in [0.15, 0.2) is 12.4 Å². The summed E-state index contributed by atoms with van der Waals surface area (Å²) in [6.07, 6.45) is 4.90. The first kappa shape index (κ1) is 21.0. The predicted octanol–water partition coefficient (Wildman–Crippen LogP) is 3.39. The van der Waals surface area contributed by atoms with E-state index in [0.717, 1.165) is 31.1 Å². The fraction of sp³-hybridized carbons (Fsp3) is 0.364. The SMILES string of the molecule is CCCCc1ccc(C(=O)COC(=O)c2ccc3c(c2)CCN3S(C)(=O)=O)cc1. The number of ether oxygens (including phenoxy) is 1. The average Bonchev–Trinajstić information content (AvgIpc) is 3.14. The second-order valence-corrected chi connectivity index (χ2v) is 9.14. The lowest BCUT2D eigenvalue weighted by Gasteiger charge is -2.16. The van der Waals surface area contributed by atoms with Crippen molar-refractivity contribution in [3.63, 3.8) is 0 Å². The van der Waals surface area contributed by atoms with Crippen LogP contribution in [0.3, 0.4) is 0 Å². The molecule has 0 aromatic heterocycles. The lowest BCUT2D eigenvalue weighted by Crippen LogP contribution is -2.27. The van der Waals surface area contributed by atoms with Crippen LogP contribution >= 0.6 is 0 Å². The Kier molecular flexibility index (Phi) is 6.37. The second kappa shape index (κ2) is 8.78. The van der Waals surface area contributed by atoms with E-state index in [2.05, 4.69) is 6.92 Å². The van der Waals surface area contributed by atoms with E-state index in [1.54, 1.807) is 24.3 Å². The molecule has 1 aliphatic heterocycles. The molecule has 1 heterocycles. The Morgan fingerprint density at radius 2 is 1.76 bits per heavy atom. The number of ketones is 1. The van der Waals surface area contributed by atoms with Gasteiger partial charge in [0.25, 0.3) is 0 Å². The number of rotatable bonds is 8. The van der Waals surface area contributed by atoms with Crippen molar-refractivity contribution < 1.29 is 22.7 Å². The summed E-state index contributed by atoms with van der Waals surface area (Å²) in [7, 11) is -3.34. The highest BCUT2D eigenvalue weighted by Crippen LogP contribution is 2.30. The molecule has 7 heteroatoms. The molecule has 0 aliphatic carbocycles. The third-order valence-electron chi connectivity index (χ3n) is 5.00. The monoisotopic (exact) mass is 415 g/mol. The number of fused-ring (bicyclic) bond motifs is 1. The summed E-state index contributed by atoms with van der Waals surface area (Å²) in [4.78, 5) is 24.6. The molecule has 0 amide bonds. The van der Waals surface area contributed by atoms with E-state index in [4.69, 9.17) is 4.74 Å². The van der Waals surface area contributed by atoms with Gasteiger partial charge in [0, 0.05) is 12.1 Å². The zero-order chi connectivity index (χ0) is 21.0. The van der Waals surface area contributed by atoms with Gasteiger partial charge in [-0.3, -0.25) is 9.10 Å². The van der Waals surface area contributed by atoms with E-state index in [0.29, 0.717) is 29.8 Å². The van der Waals surface area contributed by atoms with Crippen LogP contribution in [0.4, 0.5) is 5.69 Å². The van der Waals surface area contributed by atoms with E-state index in [1.807, 2.05) is 12.1 Å². The van der Waals surface area contributed by atoms with Crippen LogP contribution in [0.15, 0.2) is 42.5 Å². The molecule has 0 radical (unpaired) electrons. The van der Waals surface area contributed by atoms with Crippen molar-refractivity contribution in [2.24, 2.45) is 0 Å². The Morgan fingerprint density at radius 1 is 1.07 bits per heavy atom. The largest absolute Gasteiger partial charge is 0.454 e. The lowest BCUT2D eigenvalue weighted by atomic mass is 10.0. The number of sulfonamides is 1. The number of carbonyl (C=O) groups is 2. The summed E-state index contributed by atoms with van der Waals surface area (Å²) >= 11 is 0. The van der Waals surface area contributed by atoms with Gasteiger partial charge in [-0.05, 0) is 48.6 Å². The van der Waals surface area contributed by atoms with Crippen molar-refractivity contribution in [1.29, 1.82) is 0 Å². The van der Waals surface area contributed by atoms with Crippen LogP contribution in [0.1, 0.15) is 51.6 Å². The molecule has 29 heavy (non-hydrogen) atoms. The summed E-state index contributed by atoms with van der Waals surface area (Å²) < 4.78 is 30.1. The first-order valence-electron chi connectivity index (χ1n) is 9.69. The van der Waals surface area contributed by atoms with Gasteiger partial charge in [-0.1, -0.05) is 37.6 Å². The smallest absolute Gasteiger partial charge is 0.338 e. The molecular weight excluding hydrogens is 390 g/mol. The summed E-state index contributed by atoms with van der Waals surface area (Å²) in [5.74, 6) is -0.858. The van der Waals surface area contributed by atoms with Gasteiger partial charge in [-0.2, -0.15) is 0 Å². The summed E-state index contributed by atoms with van der Waals surface area (Å²) in [5.41, 5.74) is 3.36. The van der Waals surface area contributed by atoms with Crippen LogP contribution in [0.2, 0.25) is 0 Å². The molecule has 3 rings (SSSR count). The fourth-order valence-corrected chi connectivity index (χ4v) is 4.34. The number of benzene rings is 2. The van der Waals surface area contributed by atoms with Crippen LogP contribution in [-0.4, -0.2) is 39.6 Å². The third kappa shape index (κ3) is 5.03. The summed E-state index contributed by atoms with van der Waals surface area (Å²) in [6.45, 7) is 2.16. The Balaban J connectivity index is 1.60. The molecule has 1 aliphatic rings. The molecule has 6 nitrogen and oxygen atoms in total. The minimum Gasteiger partial charge on any atom is -0.454 e. The van der Waals surface area contributed by atoms with Crippen molar-refractivity contribution in [3.05, 3.63) is 64.7 Å². The topological polar surface area (TPSA) is 80.8 Å². The standard InChI is InChI=1S/C22H25NO5S/c1-3-4-5-16-6-8-17(9-7-16)21(24)15-28-22(25)19-10-11-20-18(14-19)12-13-23(20)29(2,26)27/h6-11,14H,3-5,12-13,15H2,1-2H3. The van der Waals surface area contributed by atoms with Crippen LogP contribution in [0, 0.1) is 0 Å². The predicted molar refractivity (Wildman–Crippen MR) is 112 cm³/mol. The molecule has 0 atom stereocenters. The van der Waals surface area contributed by atoms with Gasteiger partial charge in [0.1, 0.15) is 0 Å². The third-order valence-corrected chi connectivity index (χ3v) is 6.18. The van der Waals surface area contributed by atoms with E-state index < -0.39 is 16.0 Å². The first-order chi connectivity index (χ1) is 13.8. The minimum atomic E-state index is -3.34. The number of nitrogens with zero attached hydrogens (tertiary/aromatic N) is 1. The first-order valence-corrected chi connectivity index (χ1v) is 11.5. The van der Waals surface area contributed by atoms with Crippen LogP contribution in [0.5, 0.6) is 0 Å². The number of hydrogen-bond acceptors (Lipinski definition) is 5. The molecule has 0 unspecified atom stereocenters. The maximum absolute atomic E-state index is 12.3. The van der Waals surface area contributed by atoms with E-state index >= 15 is 0 Å². The second-order valence-electron chi connectivity index (χ2n) is 7.23. The summed E-state index contributed by atoms with van der Waals surface area (Å²) in [5, 5.41) is 0. The average molecular weight is 416 g/mol. The van der Waals surface area contributed by atoms with Gasteiger partial charge < -0.3 is 4.74 Å².